The Morgan fingerprint density at radius 2 is 1.56 bits per heavy atom. The van der Waals surface area contributed by atoms with Crippen LogP contribution in [0.5, 0.6) is 0 Å². The molecule has 0 aliphatic heterocycles. The van der Waals surface area contributed by atoms with E-state index in [1.165, 1.54) is 4.90 Å². The monoisotopic (exact) mass is 617 g/mol. The summed E-state index contributed by atoms with van der Waals surface area (Å²) >= 11 is 12.4. The van der Waals surface area contributed by atoms with Gasteiger partial charge in [-0.3, -0.25) is 13.9 Å². The van der Waals surface area contributed by atoms with E-state index in [1.807, 2.05) is 64.1 Å². The lowest BCUT2D eigenvalue weighted by Gasteiger charge is -2.33. The molecular weight excluding hydrogens is 581 g/mol. The molecule has 0 aliphatic carbocycles. The second kappa shape index (κ2) is 14.2. The molecule has 0 aliphatic rings. The molecule has 0 bridgehead atoms. The van der Waals surface area contributed by atoms with Crippen LogP contribution in [0.15, 0.2) is 66.7 Å². The third-order valence-electron chi connectivity index (χ3n) is 6.75. The molecule has 0 aromatic heterocycles. The third-order valence-corrected chi connectivity index (χ3v) is 8.63. The van der Waals surface area contributed by atoms with E-state index in [4.69, 9.17) is 23.2 Å². The van der Waals surface area contributed by atoms with Crippen LogP contribution in [0.2, 0.25) is 10.0 Å². The average molecular weight is 619 g/mol. The van der Waals surface area contributed by atoms with Crippen molar-refractivity contribution < 1.29 is 18.0 Å². The van der Waals surface area contributed by atoms with Crippen molar-refractivity contribution in [2.75, 3.05) is 23.7 Å². The minimum atomic E-state index is -3.84. The third kappa shape index (κ3) is 9.21. The van der Waals surface area contributed by atoms with Gasteiger partial charge in [0.05, 0.1) is 22.0 Å². The Hall–Kier alpha value is -3.07. The van der Waals surface area contributed by atoms with Crippen LogP contribution < -0.4 is 9.62 Å². The van der Waals surface area contributed by atoms with Gasteiger partial charge < -0.3 is 10.2 Å². The maximum atomic E-state index is 14.1. The first kappa shape index (κ1) is 32.4. The zero-order chi connectivity index (χ0) is 30.3. The van der Waals surface area contributed by atoms with Gasteiger partial charge in [-0.2, -0.15) is 0 Å². The largest absolute Gasteiger partial charge is 0.354 e. The van der Waals surface area contributed by atoms with Crippen molar-refractivity contribution in [3.05, 3.63) is 99.0 Å². The molecule has 0 radical (unpaired) electrons. The van der Waals surface area contributed by atoms with E-state index >= 15 is 0 Å². The summed E-state index contributed by atoms with van der Waals surface area (Å²) in [5.41, 5.74) is 3.78. The molecular formula is C31H37Cl2N3O4S. The molecule has 0 fully saturated rings. The average Bonchev–Trinajstić information content (AvgIpc) is 2.91. The molecule has 1 atom stereocenters. The summed E-state index contributed by atoms with van der Waals surface area (Å²) in [6.07, 6.45) is 1.30. The van der Waals surface area contributed by atoms with Crippen molar-refractivity contribution in [1.29, 1.82) is 0 Å². The summed E-state index contributed by atoms with van der Waals surface area (Å²) in [6.45, 7) is 7.75. The highest BCUT2D eigenvalue weighted by Crippen LogP contribution is 2.26. The molecule has 3 aromatic rings. The van der Waals surface area contributed by atoms with E-state index in [9.17, 15) is 18.0 Å². The van der Waals surface area contributed by atoms with E-state index in [-0.39, 0.29) is 24.8 Å². The summed E-state index contributed by atoms with van der Waals surface area (Å²) in [5.74, 6) is -0.658. The normalized spacial score (nSPS) is 12.2. The number of anilines is 1. The Morgan fingerprint density at radius 3 is 2.15 bits per heavy atom. The second-order valence-corrected chi connectivity index (χ2v) is 13.4. The van der Waals surface area contributed by atoms with E-state index in [0.29, 0.717) is 27.8 Å². The van der Waals surface area contributed by atoms with E-state index in [2.05, 4.69) is 5.32 Å². The van der Waals surface area contributed by atoms with Crippen LogP contribution in [0.25, 0.3) is 0 Å². The fourth-order valence-corrected chi connectivity index (χ4v) is 5.47. The Bertz CT molecular complexity index is 1480. The van der Waals surface area contributed by atoms with Crippen LogP contribution >= 0.6 is 23.2 Å². The molecule has 41 heavy (non-hydrogen) atoms. The molecule has 3 rings (SSSR count). The summed E-state index contributed by atoms with van der Waals surface area (Å²) < 4.78 is 27.0. The van der Waals surface area contributed by atoms with Gasteiger partial charge in [0.2, 0.25) is 21.8 Å². The van der Waals surface area contributed by atoms with Crippen LogP contribution in [0.4, 0.5) is 5.69 Å². The number of amides is 2. The van der Waals surface area contributed by atoms with Gasteiger partial charge >= 0.3 is 0 Å². The van der Waals surface area contributed by atoms with Gasteiger partial charge in [0.25, 0.3) is 0 Å². The minimum absolute atomic E-state index is 0.0207. The van der Waals surface area contributed by atoms with Gasteiger partial charge in [0.15, 0.2) is 0 Å². The molecule has 0 spiro atoms. The number of carbonyl (C=O) groups excluding carboxylic acids is 2. The Labute approximate surface area is 253 Å². The Kier molecular flexibility index (Phi) is 11.2. The SMILES string of the molecule is Cc1ccc(N(CC(=O)N(Cc2ccc(Cl)c(Cl)c2)C(Cc2ccccc2)C(=O)NCC(C)C)S(C)(=O)=O)cc1C. The highest BCUT2D eigenvalue weighted by Gasteiger charge is 2.33. The first-order chi connectivity index (χ1) is 19.3. The molecule has 7 nitrogen and oxygen atoms in total. The number of benzene rings is 3. The number of hydrogen-bond acceptors (Lipinski definition) is 4. The second-order valence-electron chi connectivity index (χ2n) is 10.7. The van der Waals surface area contributed by atoms with Crippen LogP contribution in [0, 0.1) is 19.8 Å². The van der Waals surface area contributed by atoms with Crippen molar-refractivity contribution in [2.24, 2.45) is 5.92 Å². The number of carbonyl (C=O) groups is 2. The quantitative estimate of drug-likeness (QED) is 0.279. The highest BCUT2D eigenvalue weighted by atomic mass is 35.5. The predicted octanol–water partition coefficient (Wildman–Crippen LogP) is 5.79. The van der Waals surface area contributed by atoms with Gasteiger partial charge in [-0.25, -0.2) is 8.42 Å². The van der Waals surface area contributed by atoms with Crippen LogP contribution in [-0.4, -0.2) is 50.5 Å². The van der Waals surface area contributed by atoms with Crippen LogP contribution in [-0.2, 0) is 32.6 Å². The standard InChI is InChI=1S/C31H37Cl2N3O4S/c1-21(2)18-34-31(38)29(17-24-9-7-6-8-10-24)35(19-25-12-14-27(32)28(33)16-25)30(37)20-36(41(5,39)40)26-13-11-22(3)23(4)15-26/h6-16,21,29H,17-20H2,1-5H3,(H,34,38). The number of nitrogens with one attached hydrogen (secondary N) is 1. The summed E-state index contributed by atoms with van der Waals surface area (Å²) in [5, 5.41) is 3.64. The van der Waals surface area contributed by atoms with E-state index < -0.39 is 28.5 Å². The van der Waals surface area contributed by atoms with E-state index in [0.717, 1.165) is 27.3 Å². The maximum Gasteiger partial charge on any atom is 0.244 e. The molecule has 3 aromatic carbocycles. The fourth-order valence-electron chi connectivity index (χ4n) is 4.31. The van der Waals surface area contributed by atoms with Crippen molar-refractivity contribution >= 4 is 50.7 Å². The number of nitrogens with zero attached hydrogens (tertiary/aromatic N) is 2. The van der Waals surface area contributed by atoms with Gasteiger partial charge in [-0.05, 0) is 66.3 Å². The maximum absolute atomic E-state index is 14.1. The zero-order valence-corrected chi connectivity index (χ0v) is 26.4. The molecule has 10 heteroatoms. The first-order valence-electron chi connectivity index (χ1n) is 13.4. The lowest BCUT2D eigenvalue weighted by atomic mass is 10.0. The van der Waals surface area contributed by atoms with Crippen molar-refractivity contribution in [3.8, 4) is 0 Å². The fraction of sp³-hybridized carbons (Fsp3) is 0.355. The first-order valence-corrected chi connectivity index (χ1v) is 16.0. The highest BCUT2D eigenvalue weighted by molar-refractivity contribution is 7.92. The molecule has 220 valence electrons. The minimum Gasteiger partial charge on any atom is -0.354 e. The predicted molar refractivity (Wildman–Crippen MR) is 167 cm³/mol. The molecule has 1 unspecified atom stereocenters. The summed E-state index contributed by atoms with van der Waals surface area (Å²) in [4.78, 5) is 29.2. The van der Waals surface area contributed by atoms with E-state index in [1.54, 1.807) is 30.3 Å². The van der Waals surface area contributed by atoms with Gasteiger partial charge in [0, 0.05) is 19.5 Å². The molecule has 0 saturated heterocycles. The topological polar surface area (TPSA) is 86.8 Å². The van der Waals surface area contributed by atoms with Gasteiger partial charge in [0.1, 0.15) is 12.6 Å². The number of hydrogen-bond donors (Lipinski definition) is 1. The number of sulfonamides is 1. The molecule has 2 amide bonds. The van der Waals surface area contributed by atoms with Gasteiger partial charge in [-0.1, -0.05) is 79.5 Å². The summed E-state index contributed by atoms with van der Waals surface area (Å²) in [6, 6.07) is 18.7. The molecule has 0 heterocycles. The van der Waals surface area contributed by atoms with Crippen molar-refractivity contribution in [3.63, 3.8) is 0 Å². The van der Waals surface area contributed by atoms with Gasteiger partial charge in [-0.15, -0.1) is 0 Å². The van der Waals surface area contributed by atoms with Crippen LogP contribution in [0.1, 0.15) is 36.1 Å². The number of aryl methyl sites for hydroxylation is 2. The Balaban J connectivity index is 2.07. The van der Waals surface area contributed by atoms with Crippen molar-refractivity contribution in [1.82, 2.24) is 10.2 Å². The van der Waals surface area contributed by atoms with Crippen LogP contribution in [0.3, 0.4) is 0 Å². The number of rotatable bonds is 12. The summed E-state index contributed by atoms with van der Waals surface area (Å²) in [7, 11) is -3.84. The lowest BCUT2D eigenvalue weighted by Crippen LogP contribution is -2.53. The zero-order valence-electron chi connectivity index (χ0n) is 24.0. The lowest BCUT2D eigenvalue weighted by molar-refractivity contribution is -0.140. The number of halogens is 2. The molecule has 1 N–H and O–H groups in total. The van der Waals surface area contributed by atoms with Crippen molar-refractivity contribution in [2.45, 2.75) is 46.7 Å². The smallest absolute Gasteiger partial charge is 0.244 e. The Morgan fingerprint density at radius 1 is 0.878 bits per heavy atom. The molecule has 0 saturated carbocycles.